The molecule has 3 nitrogen and oxygen atoms in total. The Labute approximate surface area is 74.0 Å². The topological polar surface area (TPSA) is 27.7 Å². The normalized spacial score (nSPS) is 27.0. The molecule has 0 aromatic carbocycles. The van der Waals surface area contributed by atoms with Gasteiger partial charge in [0.25, 0.3) is 0 Å². The van der Waals surface area contributed by atoms with E-state index in [0.717, 1.165) is 12.8 Å². The number of ether oxygens (including phenoxy) is 3. The van der Waals surface area contributed by atoms with Gasteiger partial charge in [0.15, 0.2) is 5.79 Å². The van der Waals surface area contributed by atoms with Gasteiger partial charge in [0.05, 0.1) is 12.2 Å². The van der Waals surface area contributed by atoms with Crippen LogP contribution in [0.25, 0.3) is 0 Å². The van der Waals surface area contributed by atoms with E-state index in [2.05, 4.69) is 13.8 Å². The summed E-state index contributed by atoms with van der Waals surface area (Å²) in [5.41, 5.74) is -0.135. The molecule has 1 fully saturated rings. The Balaban J connectivity index is 2.65. The van der Waals surface area contributed by atoms with Crippen LogP contribution in [0, 0.1) is 0 Å². The maximum absolute atomic E-state index is 5.56. The zero-order valence-corrected chi connectivity index (χ0v) is 8.35. The summed E-state index contributed by atoms with van der Waals surface area (Å²) in [5, 5.41) is 0. The third kappa shape index (κ3) is 1.97. The lowest BCUT2D eigenvalue weighted by molar-refractivity contribution is -0.272. The SMILES string of the molecule is COC1(OC)CCOC(C)(C)C1. The molecule has 0 bridgehead atoms. The fraction of sp³-hybridized carbons (Fsp3) is 1.00. The molecule has 0 aromatic rings. The molecule has 1 aliphatic rings. The predicted molar refractivity (Wildman–Crippen MR) is 46.0 cm³/mol. The first-order chi connectivity index (χ1) is 5.54. The molecule has 1 heterocycles. The zero-order valence-electron chi connectivity index (χ0n) is 8.35. The first-order valence-corrected chi connectivity index (χ1v) is 4.28. The fourth-order valence-corrected chi connectivity index (χ4v) is 1.70. The first kappa shape index (κ1) is 9.96. The van der Waals surface area contributed by atoms with E-state index in [0.29, 0.717) is 6.61 Å². The van der Waals surface area contributed by atoms with Crippen molar-refractivity contribution in [1.29, 1.82) is 0 Å². The number of hydrogen-bond donors (Lipinski definition) is 0. The molecule has 0 saturated carbocycles. The van der Waals surface area contributed by atoms with Crippen LogP contribution in [0.2, 0.25) is 0 Å². The Morgan fingerprint density at radius 2 is 1.75 bits per heavy atom. The van der Waals surface area contributed by atoms with Gasteiger partial charge >= 0.3 is 0 Å². The quantitative estimate of drug-likeness (QED) is 0.595. The van der Waals surface area contributed by atoms with Crippen LogP contribution >= 0.6 is 0 Å². The van der Waals surface area contributed by atoms with E-state index in [4.69, 9.17) is 14.2 Å². The molecule has 1 aliphatic heterocycles. The second kappa shape index (κ2) is 3.32. The highest BCUT2D eigenvalue weighted by molar-refractivity contribution is 4.85. The largest absolute Gasteiger partial charge is 0.375 e. The average Bonchev–Trinajstić information content (AvgIpc) is 2.02. The summed E-state index contributed by atoms with van der Waals surface area (Å²) in [7, 11) is 3.37. The van der Waals surface area contributed by atoms with Gasteiger partial charge in [-0.15, -0.1) is 0 Å². The number of methoxy groups -OCH3 is 2. The van der Waals surface area contributed by atoms with E-state index in [9.17, 15) is 0 Å². The molecule has 3 heteroatoms. The standard InChI is InChI=1S/C9H18O3/c1-8(2)7-9(10-3,11-4)5-6-12-8/h5-7H2,1-4H3. The van der Waals surface area contributed by atoms with Gasteiger partial charge in [0.2, 0.25) is 0 Å². The highest BCUT2D eigenvalue weighted by Gasteiger charge is 2.41. The minimum atomic E-state index is -0.429. The van der Waals surface area contributed by atoms with Crippen molar-refractivity contribution in [2.45, 2.75) is 38.1 Å². The molecule has 1 saturated heterocycles. The van der Waals surface area contributed by atoms with Crippen molar-refractivity contribution in [3.05, 3.63) is 0 Å². The van der Waals surface area contributed by atoms with Gasteiger partial charge in [-0.05, 0) is 13.8 Å². The van der Waals surface area contributed by atoms with Gasteiger partial charge in [-0.25, -0.2) is 0 Å². The van der Waals surface area contributed by atoms with Crippen molar-refractivity contribution < 1.29 is 14.2 Å². The van der Waals surface area contributed by atoms with Gasteiger partial charge in [-0.3, -0.25) is 0 Å². The summed E-state index contributed by atoms with van der Waals surface area (Å²) >= 11 is 0. The number of hydrogen-bond acceptors (Lipinski definition) is 3. The summed E-state index contributed by atoms with van der Waals surface area (Å²) in [4.78, 5) is 0. The third-order valence-electron chi connectivity index (χ3n) is 2.41. The molecule has 0 N–H and O–H groups in total. The molecule has 0 unspecified atom stereocenters. The monoisotopic (exact) mass is 174 g/mol. The Bertz CT molecular complexity index is 150. The van der Waals surface area contributed by atoms with E-state index in [1.165, 1.54) is 0 Å². The first-order valence-electron chi connectivity index (χ1n) is 4.28. The van der Waals surface area contributed by atoms with Crippen LogP contribution in [0.5, 0.6) is 0 Å². The van der Waals surface area contributed by atoms with Crippen LogP contribution in [-0.4, -0.2) is 32.2 Å². The molecule has 0 amide bonds. The maximum Gasteiger partial charge on any atom is 0.172 e. The molecular formula is C9H18O3. The summed E-state index contributed by atoms with van der Waals surface area (Å²) in [6.45, 7) is 4.81. The van der Waals surface area contributed by atoms with Crippen molar-refractivity contribution in [1.82, 2.24) is 0 Å². The van der Waals surface area contributed by atoms with Gasteiger partial charge in [-0.1, -0.05) is 0 Å². The van der Waals surface area contributed by atoms with Crippen LogP contribution in [0.3, 0.4) is 0 Å². The van der Waals surface area contributed by atoms with Gasteiger partial charge < -0.3 is 14.2 Å². The Morgan fingerprint density at radius 3 is 2.08 bits per heavy atom. The van der Waals surface area contributed by atoms with Crippen molar-refractivity contribution in [3.8, 4) is 0 Å². The van der Waals surface area contributed by atoms with Crippen LogP contribution in [0.1, 0.15) is 26.7 Å². The molecule has 0 atom stereocenters. The van der Waals surface area contributed by atoms with E-state index in [-0.39, 0.29) is 5.60 Å². The average molecular weight is 174 g/mol. The Hall–Kier alpha value is -0.120. The van der Waals surface area contributed by atoms with Crippen molar-refractivity contribution in [2.24, 2.45) is 0 Å². The molecular weight excluding hydrogens is 156 g/mol. The lowest BCUT2D eigenvalue weighted by Gasteiger charge is -2.42. The van der Waals surface area contributed by atoms with Crippen LogP contribution in [-0.2, 0) is 14.2 Å². The fourth-order valence-electron chi connectivity index (χ4n) is 1.70. The lowest BCUT2D eigenvalue weighted by Crippen LogP contribution is -2.48. The Morgan fingerprint density at radius 1 is 1.17 bits per heavy atom. The minimum Gasteiger partial charge on any atom is -0.375 e. The predicted octanol–water partition coefficient (Wildman–Crippen LogP) is 1.56. The van der Waals surface area contributed by atoms with Crippen LogP contribution < -0.4 is 0 Å². The Kier molecular flexibility index (Phi) is 2.76. The molecule has 1 rings (SSSR count). The van der Waals surface area contributed by atoms with E-state index in [1.807, 2.05) is 0 Å². The highest BCUT2D eigenvalue weighted by atomic mass is 16.7. The van der Waals surface area contributed by atoms with Gasteiger partial charge in [-0.2, -0.15) is 0 Å². The maximum atomic E-state index is 5.56. The molecule has 12 heavy (non-hydrogen) atoms. The van der Waals surface area contributed by atoms with Crippen molar-refractivity contribution in [3.63, 3.8) is 0 Å². The van der Waals surface area contributed by atoms with Crippen LogP contribution in [0.15, 0.2) is 0 Å². The highest BCUT2D eigenvalue weighted by Crippen LogP contribution is 2.34. The second-order valence-electron chi connectivity index (χ2n) is 3.85. The molecule has 72 valence electrons. The minimum absolute atomic E-state index is 0.135. The van der Waals surface area contributed by atoms with E-state index in [1.54, 1.807) is 14.2 Å². The van der Waals surface area contributed by atoms with Crippen LogP contribution in [0.4, 0.5) is 0 Å². The lowest BCUT2D eigenvalue weighted by atomic mass is 9.93. The summed E-state index contributed by atoms with van der Waals surface area (Å²) in [5.74, 6) is -0.429. The summed E-state index contributed by atoms with van der Waals surface area (Å²) < 4.78 is 16.3. The molecule has 0 spiro atoms. The van der Waals surface area contributed by atoms with E-state index >= 15 is 0 Å². The van der Waals surface area contributed by atoms with Crippen molar-refractivity contribution in [2.75, 3.05) is 20.8 Å². The number of rotatable bonds is 2. The molecule has 0 aliphatic carbocycles. The molecule has 0 aromatic heterocycles. The smallest absolute Gasteiger partial charge is 0.172 e. The molecule has 0 radical (unpaired) electrons. The summed E-state index contributed by atoms with van der Waals surface area (Å²) in [6.07, 6.45) is 1.59. The van der Waals surface area contributed by atoms with E-state index < -0.39 is 5.79 Å². The summed E-state index contributed by atoms with van der Waals surface area (Å²) in [6, 6.07) is 0. The second-order valence-corrected chi connectivity index (χ2v) is 3.85. The van der Waals surface area contributed by atoms with Crippen molar-refractivity contribution >= 4 is 0 Å². The van der Waals surface area contributed by atoms with Gasteiger partial charge in [0.1, 0.15) is 0 Å². The van der Waals surface area contributed by atoms with Gasteiger partial charge in [0, 0.05) is 27.1 Å². The zero-order chi connectivity index (χ0) is 9.24. The third-order valence-corrected chi connectivity index (χ3v) is 2.41.